The molecule has 3 aliphatic rings. The van der Waals surface area contributed by atoms with E-state index in [-0.39, 0.29) is 17.7 Å². The number of hydrogen-bond acceptors (Lipinski definition) is 5. The highest BCUT2D eigenvalue weighted by Crippen LogP contribution is 2.30. The Hall–Kier alpha value is -1.67. The van der Waals surface area contributed by atoms with Gasteiger partial charge in [0, 0.05) is 59.0 Å². The van der Waals surface area contributed by atoms with E-state index >= 15 is 0 Å². The molecule has 0 aliphatic carbocycles. The summed E-state index contributed by atoms with van der Waals surface area (Å²) in [4.78, 5) is 20.0. The molecule has 0 aromatic heterocycles. The van der Waals surface area contributed by atoms with Crippen LogP contribution in [0.15, 0.2) is 30.3 Å². The van der Waals surface area contributed by atoms with Crippen LogP contribution in [-0.2, 0) is 9.47 Å². The standard InChI is InChI=1S/C23H36N4O3/c1-25-11-13-26(14-12-25)19-21(20-5-3-2-4-6-20)24-22(28)27-10-7-23(30-18-15-27)8-16-29-17-9-23/h2-6,21H,7-19H2,1H3,(H,24,28). The lowest BCUT2D eigenvalue weighted by molar-refractivity contribution is -0.105. The van der Waals surface area contributed by atoms with Gasteiger partial charge in [0.1, 0.15) is 0 Å². The summed E-state index contributed by atoms with van der Waals surface area (Å²) >= 11 is 0. The fourth-order valence-corrected chi connectivity index (χ4v) is 4.68. The van der Waals surface area contributed by atoms with Crippen molar-refractivity contribution in [3.8, 4) is 0 Å². The molecule has 1 unspecified atom stereocenters. The summed E-state index contributed by atoms with van der Waals surface area (Å²) in [6.45, 7) is 8.56. The molecule has 3 heterocycles. The van der Waals surface area contributed by atoms with Crippen LogP contribution in [0.5, 0.6) is 0 Å². The zero-order valence-electron chi connectivity index (χ0n) is 18.2. The van der Waals surface area contributed by atoms with E-state index in [1.165, 1.54) is 0 Å². The fourth-order valence-electron chi connectivity index (χ4n) is 4.68. The van der Waals surface area contributed by atoms with Crippen molar-refractivity contribution in [3.05, 3.63) is 35.9 Å². The minimum absolute atomic E-state index is 0.0108. The first kappa shape index (κ1) is 21.6. The SMILES string of the molecule is CN1CCN(CC(NC(=O)N2CCOC3(CCOCC3)CC2)c2ccccc2)CC1. The van der Waals surface area contributed by atoms with Crippen LogP contribution in [0.2, 0.25) is 0 Å². The van der Waals surface area contributed by atoms with Crippen LogP contribution in [-0.4, -0.2) is 99.0 Å². The Bertz CT molecular complexity index is 672. The van der Waals surface area contributed by atoms with Crippen molar-refractivity contribution in [2.45, 2.75) is 30.9 Å². The van der Waals surface area contributed by atoms with Gasteiger partial charge in [-0.15, -0.1) is 0 Å². The predicted octanol–water partition coefficient (Wildman–Crippen LogP) is 1.96. The molecule has 2 amide bonds. The van der Waals surface area contributed by atoms with Crippen molar-refractivity contribution >= 4 is 6.03 Å². The van der Waals surface area contributed by atoms with Gasteiger partial charge >= 0.3 is 6.03 Å². The number of piperazine rings is 1. The summed E-state index contributed by atoms with van der Waals surface area (Å²) in [5, 5.41) is 3.33. The lowest BCUT2D eigenvalue weighted by atomic mass is 9.90. The monoisotopic (exact) mass is 416 g/mol. The van der Waals surface area contributed by atoms with Crippen molar-refractivity contribution in [1.29, 1.82) is 0 Å². The number of nitrogens with one attached hydrogen (secondary N) is 1. The number of nitrogens with zero attached hydrogens (tertiary/aromatic N) is 3. The third-order valence-electron chi connectivity index (χ3n) is 6.83. The van der Waals surface area contributed by atoms with Gasteiger partial charge in [-0.05, 0) is 31.9 Å². The maximum Gasteiger partial charge on any atom is 0.318 e. The van der Waals surface area contributed by atoms with Crippen LogP contribution >= 0.6 is 0 Å². The molecule has 4 rings (SSSR count). The molecule has 0 saturated carbocycles. The van der Waals surface area contributed by atoms with Crippen molar-refractivity contribution < 1.29 is 14.3 Å². The third kappa shape index (κ3) is 5.52. The molecule has 3 saturated heterocycles. The molecule has 0 bridgehead atoms. The molecular weight excluding hydrogens is 380 g/mol. The van der Waals surface area contributed by atoms with Crippen LogP contribution in [0, 0.1) is 0 Å². The fraction of sp³-hybridized carbons (Fsp3) is 0.696. The summed E-state index contributed by atoms with van der Waals surface area (Å²) in [5.41, 5.74) is 1.06. The van der Waals surface area contributed by atoms with Crippen molar-refractivity contribution in [2.75, 3.05) is 72.7 Å². The molecule has 3 aliphatic heterocycles. The molecule has 1 aromatic rings. The Labute approximate surface area is 180 Å². The minimum Gasteiger partial charge on any atom is -0.381 e. The van der Waals surface area contributed by atoms with E-state index in [0.717, 1.165) is 77.3 Å². The van der Waals surface area contributed by atoms with Gasteiger partial charge < -0.3 is 24.6 Å². The number of urea groups is 1. The number of carbonyl (C=O) groups excluding carboxylic acids is 1. The van der Waals surface area contributed by atoms with Gasteiger partial charge in [0.25, 0.3) is 0 Å². The number of hydrogen-bond donors (Lipinski definition) is 1. The first-order chi connectivity index (χ1) is 14.6. The van der Waals surface area contributed by atoms with Crippen LogP contribution < -0.4 is 5.32 Å². The zero-order valence-corrected chi connectivity index (χ0v) is 18.2. The van der Waals surface area contributed by atoms with Crippen LogP contribution in [0.4, 0.5) is 4.79 Å². The number of ether oxygens (including phenoxy) is 2. The molecule has 1 atom stereocenters. The lowest BCUT2D eigenvalue weighted by Gasteiger charge is -2.36. The molecule has 30 heavy (non-hydrogen) atoms. The van der Waals surface area contributed by atoms with Crippen LogP contribution in [0.1, 0.15) is 30.9 Å². The highest BCUT2D eigenvalue weighted by Gasteiger charge is 2.36. The van der Waals surface area contributed by atoms with Gasteiger partial charge in [-0.25, -0.2) is 4.79 Å². The Morgan fingerprint density at radius 3 is 2.47 bits per heavy atom. The molecule has 166 valence electrons. The van der Waals surface area contributed by atoms with E-state index in [1.54, 1.807) is 0 Å². The molecule has 1 aromatic carbocycles. The maximum atomic E-state index is 13.2. The van der Waals surface area contributed by atoms with Gasteiger partial charge in [-0.3, -0.25) is 4.90 Å². The molecule has 0 radical (unpaired) electrons. The molecule has 3 fully saturated rings. The summed E-state index contributed by atoms with van der Waals surface area (Å²) < 4.78 is 11.7. The molecular formula is C23H36N4O3. The largest absolute Gasteiger partial charge is 0.381 e. The Balaban J connectivity index is 1.38. The van der Waals surface area contributed by atoms with E-state index in [9.17, 15) is 4.79 Å². The first-order valence-electron chi connectivity index (χ1n) is 11.4. The number of rotatable bonds is 4. The van der Waals surface area contributed by atoms with E-state index in [0.29, 0.717) is 13.2 Å². The van der Waals surface area contributed by atoms with E-state index in [2.05, 4.69) is 34.3 Å². The average Bonchev–Trinajstić information content (AvgIpc) is 2.98. The van der Waals surface area contributed by atoms with E-state index in [4.69, 9.17) is 9.47 Å². The summed E-state index contributed by atoms with van der Waals surface area (Å²) in [6.07, 6.45) is 2.75. The van der Waals surface area contributed by atoms with Gasteiger partial charge in [0.05, 0.1) is 18.2 Å². The molecule has 7 nitrogen and oxygen atoms in total. The molecule has 7 heteroatoms. The van der Waals surface area contributed by atoms with Gasteiger partial charge in [-0.2, -0.15) is 0 Å². The number of likely N-dealkylation sites (N-methyl/N-ethyl adjacent to an activating group) is 1. The molecule has 1 spiro atoms. The summed E-state index contributed by atoms with van der Waals surface area (Å²) in [6, 6.07) is 10.4. The Morgan fingerprint density at radius 2 is 1.73 bits per heavy atom. The zero-order chi connectivity index (χ0) is 20.8. The molecule has 1 N–H and O–H groups in total. The second kappa shape index (κ2) is 10.1. The van der Waals surface area contributed by atoms with Gasteiger partial charge in [-0.1, -0.05) is 30.3 Å². The highest BCUT2D eigenvalue weighted by molar-refractivity contribution is 5.74. The van der Waals surface area contributed by atoms with Crippen molar-refractivity contribution in [2.24, 2.45) is 0 Å². The average molecular weight is 417 g/mol. The normalized spacial score (nSPS) is 24.4. The predicted molar refractivity (Wildman–Crippen MR) is 117 cm³/mol. The number of amides is 2. The minimum atomic E-state index is -0.105. The Morgan fingerprint density at radius 1 is 1.00 bits per heavy atom. The first-order valence-corrected chi connectivity index (χ1v) is 11.4. The quantitative estimate of drug-likeness (QED) is 0.813. The Kier molecular flexibility index (Phi) is 7.25. The van der Waals surface area contributed by atoms with Gasteiger partial charge in [0.2, 0.25) is 0 Å². The van der Waals surface area contributed by atoms with Crippen LogP contribution in [0.3, 0.4) is 0 Å². The highest BCUT2D eigenvalue weighted by atomic mass is 16.5. The second-order valence-electron chi connectivity index (χ2n) is 8.90. The topological polar surface area (TPSA) is 57.3 Å². The lowest BCUT2D eigenvalue weighted by Crippen LogP contribution is -2.50. The van der Waals surface area contributed by atoms with Crippen molar-refractivity contribution in [1.82, 2.24) is 20.0 Å². The number of carbonyl (C=O) groups is 1. The number of benzene rings is 1. The van der Waals surface area contributed by atoms with E-state index in [1.807, 2.05) is 23.1 Å². The summed E-state index contributed by atoms with van der Waals surface area (Å²) in [5.74, 6) is 0. The second-order valence-corrected chi connectivity index (χ2v) is 8.90. The maximum absolute atomic E-state index is 13.2. The smallest absolute Gasteiger partial charge is 0.318 e. The summed E-state index contributed by atoms with van der Waals surface area (Å²) in [7, 11) is 2.17. The van der Waals surface area contributed by atoms with Crippen LogP contribution in [0.25, 0.3) is 0 Å². The van der Waals surface area contributed by atoms with Crippen molar-refractivity contribution in [3.63, 3.8) is 0 Å². The van der Waals surface area contributed by atoms with Gasteiger partial charge in [0.15, 0.2) is 0 Å². The third-order valence-corrected chi connectivity index (χ3v) is 6.83. The van der Waals surface area contributed by atoms with E-state index < -0.39 is 0 Å².